The molecule has 0 aliphatic heterocycles. The van der Waals surface area contributed by atoms with Gasteiger partial charge in [0.05, 0.1) is 34.3 Å². The fourth-order valence-electron chi connectivity index (χ4n) is 1.80. The molecule has 2 heterocycles. The molecule has 0 unspecified atom stereocenters. The molecule has 96 valence electrons. The van der Waals surface area contributed by atoms with E-state index < -0.39 is 0 Å². The quantitative estimate of drug-likeness (QED) is 0.733. The van der Waals surface area contributed by atoms with E-state index >= 15 is 0 Å². The predicted molar refractivity (Wildman–Crippen MR) is 78.8 cm³/mol. The molecule has 0 saturated heterocycles. The van der Waals surface area contributed by atoms with Crippen molar-refractivity contribution in [2.75, 3.05) is 12.8 Å². The number of nitrogens with two attached hydrogens (primary N) is 1. The first kappa shape index (κ1) is 12.2. The van der Waals surface area contributed by atoms with Crippen molar-refractivity contribution in [3.8, 4) is 16.3 Å². The van der Waals surface area contributed by atoms with Crippen LogP contribution in [0.5, 0.6) is 5.75 Å². The van der Waals surface area contributed by atoms with E-state index in [9.17, 15) is 0 Å². The van der Waals surface area contributed by atoms with Gasteiger partial charge in [0, 0.05) is 12.3 Å². The first-order valence-corrected chi connectivity index (χ1v) is 6.72. The smallest absolute Gasteiger partial charge is 0.131 e. The van der Waals surface area contributed by atoms with Gasteiger partial charge in [0.15, 0.2) is 0 Å². The molecule has 3 rings (SSSR count). The van der Waals surface area contributed by atoms with Gasteiger partial charge in [-0.25, -0.2) is 4.98 Å². The first-order valence-electron chi connectivity index (χ1n) is 5.53. The average molecular weight is 292 g/mol. The zero-order valence-corrected chi connectivity index (χ0v) is 11.6. The van der Waals surface area contributed by atoms with Gasteiger partial charge in [0.25, 0.3) is 0 Å². The van der Waals surface area contributed by atoms with Crippen LogP contribution in [-0.2, 0) is 0 Å². The zero-order chi connectivity index (χ0) is 13.4. The van der Waals surface area contributed by atoms with E-state index in [4.69, 9.17) is 22.1 Å². The van der Waals surface area contributed by atoms with Gasteiger partial charge in [0.2, 0.25) is 0 Å². The minimum atomic E-state index is 0.491. The van der Waals surface area contributed by atoms with Gasteiger partial charge in [-0.05, 0) is 12.1 Å². The summed E-state index contributed by atoms with van der Waals surface area (Å²) in [5.41, 5.74) is 7.96. The third-order valence-electron chi connectivity index (χ3n) is 2.74. The van der Waals surface area contributed by atoms with Gasteiger partial charge in [-0.3, -0.25) is 4.98 Å². The number of hydrogen-bond acceptors (Lipinski definition) is 5. The molecule has 3 aromatic rings. The Kier molecular flexibility index (Phi) is 3.00. The Bertz CT molecular complexity index is 724. The SMILES string of the molecule is COc1cc(N)c(Cl)cc1-c1nc2cnccc2s1. The number of ether oxygens (including phenoxy) is 1. The van der Waals surface area contributed by atoms with Crippen molar-refractivity contribution >= 4 is 38.8 Å². The van der Waals surface area contributed by atoms with E-state index in [1.54, 1.807) is 43.0 Å². The third-order valence-corrected chi connectivity index (χ3v) is 4.14. The first-order chi connectivity index (χ1) is 9.19. The average Bonchev–Trinajstić information content (AvgIpc) is 2.85. The van der Waals surface area contributed by atoms with E-state index in [1.165, 1.54) is 0 Å². The molecule has 0 aliphatic carbocycles. The maximum atomic E-state index is 6.08. The lowest BCUT2D eigenvalue weighted by Crippen LogP contribution is -1.92. The summed E-state index contributed by atoms with van der Waals surface area (Å²) in [6, 6.07) is 5.42. The van der Waals surface area contributed by atoms with Crippen molar-refractivity contribution in [3.05, 3.63) is 35.6 Å². The molecular weight excluding hydrogens is 282 g/mol. The fraction of sp³-hybridized carbons (Fsp3) is 0.0769. The second-order valence-electron chi connectivity index (χ2n) is 3.94. The minimum absolute atomic E-state index is 0.491. The Morgan fingerprint density at radius 3 is 2.95 bits per heavy atom. The van der Waals surface area contributed by atoms with Gasteiger partial charge < -0.3 is 10.5 Å². The number of benzene rings is 1. The maximum Gasteiger partial charge on any atom is 0.131 e. The second-order valence-corrected chi connectivity index (χ2v) is 5.37. The Labute approximate surface area is 118 Å². The van der Waals surface area contributed by atoms with Gasteiger partial charge >= 0.3 is 0 Å². The highest BCUT2D eigenvalue weighted by molar-refractivity contribution is 7.21. The third kappa shape index (κ3) is 2.11. The molecule has 4 nitrogen and oxygen atoms in total. The molecule has 0 amide bonds. The Hall–Kier alpha value is -1.85. The second kappa shape index (κ2) is 4.68. The Morgan fingerprint density at radius 1 is 1.37 bits per heavy atom. The summed E-state index contributed by atoms with van der Waals surface area (Å²) < 4.78 is 6.41. The lowest BCUT2D eigenvalue weighted by atomic mass is 10.2. The fourth-order valence-corrected chi connectivity index (χ4v) is 2.92. The summed E-state index contributed by atoms with van der Waals surface area (Å²) in [6.07, 6.45) is 3.48. The van der Waals surface area contributed by atoms with E-state index in [0.717, 1.165) is 20.8 Å². The zero-order valence-electron chi connectivity index (χ0n) is 10.1. The number of anilines is 1. The van der Waals surface area contributed by atoms with Crippen molar-refractivity contribution in [1.82, 2.24) is 9.97 Å². The molecule has 1 aromatic carbocycles. The molecule has 0 atom stereocenters. The largest absolute Gasteiger partial charge is 0.496 e. The highest BCUT2D eigenvalue weighted by Crippen LogP contribution is 2.39. The Morgan fingerprint density at radius 2 is 2.21 bits per heavy atom. The number of nitrogens with zero attached hydrogens (tertiary/aromatic N) is 2. The summed E-state index contributed by atoms with van der Waals surface area (Å²) in [4.78, 5) is 8.60. The molecule has 0 fully saturated rings. The highest BCUT2D eigenvalue weighted by atomic mass is 35.5. The molecular formula is C13H10ClN3OS. The Balaban J connectivity index is 2.22. The summed E-state index contributed by atoms with van der Waals surface area (Å²) >= 11 is 7.64. The lowest BCUT2D eigenvalue weighted by Gasteiger charge is -2.08. The van der Waals surface area contributed by atoms with E-state index in [0.29, 0.717) is 16.5 Å². The van der Waals surface area contributed by atoms with E-state index in [2.05, 4.69) is 9.97 Å². The van der Waals surface area contributed by atoms with Gasteiger partial charge in [-0.2, -0.15) is 0 Å². The van der Waals surface area contributed by atoms with E-state index in [1.807, 2.05) is 6.07 Å². The topological polar surface area (TPSA) is 61.0 Å². The number of hydrogen-bond donors (Lipinski definition) is 1. The van der Waals surface area contributed by atoms with Crippen molar-refractivity contribution < 1.29 is 4.74 Å². The molecule has 6 heteroatoms. The van der Waals surface area contributed by atoms with Crippen LogP contribution in [0.3, 0.4) is 0 Å². The van der Waals surface area contributed by atoms with Crippen LogP contribution in [0.2, 0.25) is 5.02 Å². The molecule has 0 radical (unpaired) electrons. The summed E-state index contributed by atoms with van der Waals surface area (Å²) in [5, 5.41) is 1.33. The molecule has 0 saturated carbocycles. The number of rotatable bonds is 2. The van der Waals surface area contributed by atoms with Crippen LogP contribution in [0.4, 0.5) is 5.69 Å². The van der Waals surface area contributed by atoms with Crippen LogP contribution in [0.25, 0.3) is 20.8 Å². The van der Waals surface area contributed by atoms with Crippen LogP contribution in [0, 0.1) is 0 Å². The van der Waals surface area contributed by atoms with Crippen LogP contribution >= 0.6 is 22.9 Å². The molecule has 2 aromatic heterocycles. The number of halogens is 1. The van der Waals surface area contributed by atoms with Crippen molar-refractivity contribution in [2.45, 2.75) is 0 Å². The molecule has 19 heavy (non-hydrogen) atoms. The molecule has 0 spiro atoms. The van der Waals surface area contributed by atoms with Crippen LogP contribution in [-0.4, -0.2) is 17.1 Å². The number of methoxy groups -OCH3 is 1. The standard InChI is InChI=1S/C13H10ClN3OS/c1-18-11-5-9(15)8(14)4-7(11)13-17-10-6-16-3-2-12(10)19-13/h2-6H,15H2,1H3. The molecule has 0 bridgehead atoms. The number of thiazole rings is 1. The highest BCUT2D eigenvalue weighted by Gasteiger charge is 2.13. The van der Waals surface area contributed by atoms with Gasteiger partial charge in [-0.1, -0.05) is 11.6 Å². The van der Waals surface area contributed by atoms with E-state index in [-0.39, 0.29) is 0 Å². The minimum Gasteiger partial charge on any atom is -0.496 e. The van der Waals surface area contributed by atoms with Crippen molar-refractivity contribution in [2.24, 2.45) is 0 Å². The van der Waals surface area contributed by atoms with Gasteiger partial charge in [-0.15, -0.1) is 11.3 Å². The number of nitrogen functional groups attached to an aromatic ring is 1. The molecule has 0 aliphatic rings. The monoisotopic (exact) mass is 291 g/mol. The number of fused-ring (bicyclic) bond motifs is 1. The predicted octanol–water partition coefficient (Wildman–Crippen LogP) is 3.60. The van der Waals surface area contributed by atoms with Crippen LogP contribution < -0.4 is 10.5 Å². The molecule has 2 N–H and O–H groups in total. The van der Waals surface area contributed by atoms with Crippen molar-refractivity contribution in [3.63, 3.8) is 0 Å². The van der Waals surface area contributed by atoms with Crippen LogP contribution in [0.15, 0.2) is 30.6 Å². The van der Waals surface area contributed by atoms with Crippen LogP contribution in [0.1, 0.15) is 0 Å². The summed E-state index contributed by atoms with van der Waals surface area (Å²) in [6.45, 7) is 0. The summed E-state index contributed by atoms with van der Waals surface area (Å²) in [5.74, 6) is 0.661. The normalized spacial score (nSPS) is 10.8. The summed E-state index contributed by atoms with van der Waals surface area (Å²) in [7, 11) is 1.60. The maximum absolute atomic E-state index is 6.08. The lowest BCUT2D eigenvalue weighted by molar-refractivity contribution is 0.416. The van der Waals surface area contributed by atoms with Crippen molar-refractivity contribution in [1.29, 1.82) is 0 Å². The van der Waals surface area contributed by atoms with Gasteiger partial charge in [0.1, 0.15) is 16.3 Å². The number of pyridine rings is 1. The number of aromatic nitrogens is 2.